The van der Waals surface area contributed by atoms with Crippen LogP contribution in [0.5, 0.6) is 0 Å². The second-order valence-corrected chi connectivity index (χ2v) is 21.5. The molecular formula is C71H43N5S. The van der Waals surface area contributed by atoms with Crippen LogP contribution in [0.2, 0.25) is 0 Å². The van der Waals surface area contributed by atoms with Crippen LogP contribution in [0.25, 0.3) is 116 Å². The van der Waals surface area contributed by atoms with E-state index in [1.54, 1.807) is 0 Å². The SMILES string of the molecule is c1ccc(-n2c3ccccc3c3cc(-c4ccc5c(c4)C4(c6cccnc6-c6ncccc64)c4cccc(-c6ccc7c(c6)c6ccccc6n7-c6ccc(-n7c8ccccc8c8ccccc87)cc6)c4S5)ccc32)cc1. The van der Waals surface area contributed by atoms with Crippen molar-refractivity contribution in [3.8, 4) is 50.7 Å². The van der Waals surface area contributed by atoms with Crippen molar-refractivity contribution in [1.29, 1.82) is 0 Å². The molecule has 5 aromatic heterocycles. The predicted octanol–water partition coefficient (Wildman–Crippen LogP) is 17.9. The first-order valence-electron chi connectivity index (χ1n) is 26.3. The summed E-state index contributed by atoms with van der Waals surface area (Å²) in [6.45, 7) is 0. The number of nitrogens with zero attached hydrogens (tertiary/aromatic N) is 5. The molecule has 0 saturated carbocycles. The fourth-order valence-electron chi connectivity index (χ4n) is 13.4. The van der Waals surface area contributed by atoms with E-state index in [0.717, 1.165) is 39.6 Å². The highest BCUT2D eigenvalue weighted by Gasteiger charge is 2.52. The van der Waals surface area contributed by atoms with E-state index in [4.69, 9.17) is 9.97 Å². The van der Waals surface area contributed by atoms with Gasteiger partial charge in [-0.05, 0) is 154 Å². The summed E-state index contributed by atoms with van der Waals surface area (Å²) < 4.78 is 7.19. The Kier molecular flexibility index (Phi) is 8.92. The molecule has 0 saturated heterocycles. The molecule has 10 aromatic carbocycles. The Morgan fingerprint density at radius 3 is 1.29 bits per heavy atom. The molecule has 358 valence electrons. The van der Waals surface area contributed by atoms with Gasteiger partial charge in [0, 0.05) is 71.6 Å². The molecule has 77 heavy (non-hydrogen) atoms. The van der Waals surface area contributed by atoms with Gasteiger partial charge in [-0.1, -0.05) is 151 Å². The molecule has 5 nitrogen and oxygen atoms in total. The summed E-state index contributed by atoms with van der Waals surface area (Å²) in [5.74, 6) is 0. The first kappa shape index (κ1) is 42.6. The lowest BCUT2D eigenvalue weighted by atomic mass is 9.67. The highest BCUT2D eigenvalue weighted by Crippen LogP contribution is 2.63. The zero-order valence-corrected chi connectivity index (χ0v) is 42.3. The Balaban J connectivity index is 0.825. The molecule has 6 heterocycles. The fourth-order valence-corrected chi connectivity index (χ4v) is 14.7. The maximum absolute atomic E-state index is 5.10. The van der Waals surface area contributed by atoms with E-state index < -0.39 is 5.41 Å². The van der Waals surface area contributed by atoms with E-state index in [1.165, 1.54) is 109 Å². The molecule has 0 amide bonds. The molecule has 0 N–H and O–H groups in total. The molecule has 15 aromatic rings. The molecule has 0 bridgehead atoms. The third-order valence-corrected chi connectivity index (χ3v) is 17.8. The second kappa shape index (κ2) is 16.1. The van der Waals surface area contributed by atoms with Crippen molar-refractivity contribution in [2.75, 3.05) is 0 Å². The third-order valence-electron chi connectivity index (χ3n) is 16.6. The minimum Gasteiger partial charge on any atom is -0.309 e. The number of aromatic nitrogens is 5. The topological polar surface area (TPSA) is 40.6 Å². The van der Waals surface area contributed by atoms with Gasteiger partial charge in [0.15, 0.2) is 0 Å². The minimum atomic E-state index is -0.673. The molecule has 1 aliphatic carbocycles. The fraction of sp³-hybridized carbons (Fsp3) is 0.0141. The molecule has 17 rings (SSSR count). The number of rotatable bonds is 5. The average Bonchev–Trinajstić information content (AvgIpc) is 4.40. The minimum absolute atomic E-state index is 0.673. The van der Waals surface area contributed by atoms with Gasteiger partial charge in [-0.25, -0.2) is 0 Å². The van der Waals surface area contributed by atoms with Crippen LogP contribution >= 0.6 is 11.8 Å². The highest BCUT2D eigenvalue weighted by molar-refractivity contribution is 7.99. The Morgan fingerprint density at radius 2 is 0.727 bits per heavy atom. The first-order chi connectivity index (χ1) is 38.2. The van der Waals surface area contributed by atoms with Crippen LogP contribution in [0.15, 0.2) is 271 Å². The van der Waals surface area contributed by atoms with Gasteiger partial charge in [-0.15, -0.1) is 0 Å². The first-order valence-corrected chi connectivity index (χ1v) is 27.1. The Bertz CT molecular complexity index is 4860. The van der Waals surface area contributed by atoms with Gasteiger partial charge < -0.3 is 13.7 Å². The lowest BCUT2D eigenvalue weighted by Crippen LogP contribution is -2.32. The van der Waals surface area contributed by atoms with Crippen molar-refractivity contribution in [3.63, 3.8) is 0 Å². The maximum Gasteiger partial charge on any atom is 0.0937 e. The molecule has 6 heteroatoms. The standard InChI is InChI=1S/C71H43N5S/c1-2-15-47(16-3-1)74-63-27-10-6-19-53(63)55-41-44(29-36-65(55)74)45-31-38-67-60(43-45)71(57-23-13-39-72-68(57)69-58(71)24-14-40-73-69)59-22-12-21-50(70(59)77-67)46-30-37-66-56(42-46)54-20-7-11-28-64(54)76(66)49-34-32-48(33-35-49)75-61-25-8-4-17-51(61)52-18-5-9-26-62(52)75/h1-43H. The molecular weight excluding hydrogens is 955 g/mol. The maximum atomic E-state index is 5.10. The number of hydrogen-bond donors (Lipinski definition) is 0. The van der Waals surface area contributed by atoms with Gasteiger partial charge in [0.05, 0.1) is 49.9 Å². The van der Waals surface area contributed by atoms with Crippen LogP contribution in [0.4, 0.5) is 0 Å². The van der Waals surface area contributed by atoms with Gasteiger partial charge in [0.2, 0.25) is 0 Å². The smallest absolute Gasteiger partial charge is 0.0937 e. The van der Waals surface area contributed by atoms with Crippen molar-refractivity contribution < 1.29 is 0 Å². The van der Waals surface area contributed by atoms with Crippen LogP contribution in [0.3, 0.4) is 0 Å². The molecule has 2 aliphatic rings. The van der Waals surface area contributed by atoms with E-state index in [1.807, 2.05) is 24.2 Å². The second-order valence-electron chi connectivity index (χ2n) is 20.4. The number of pyridine rings is 2. The molecule has 0 fully saturated rings. The normalized spacial score (nSPS) is 13.2. The van der Waals surface area contributed by atoms with Gasteiger partial charge in [0.1, 0.15) is 0 Å². The molecule has 0 atom stereocenters. The summed E-state index contributed by atoms with van der Waals surface area (Å²) in [6.07, 6.45) is 3.82. The number of hydrogen-bond acceptors (Lipinski definition) is 3. The molecule has 1 aliphatic heterocycles. The molecule has 1 spiro atoms. The van der Waals surface area contributed by atoms with Crippen LogP contribution < -0.4 is 0 Å². The molecule has 0 unspecified atom stereocenters. The van der Waals surface area contributed by atoms with E-state index in [2.05, 4.69) is 262 Å². The summed E-state index contributed by atoms with van der Waals surface area (Å²) in [6, 6.07) is 91.7. The Hall–Kier alpha value is -9.75. The lowest BCUT2D eigenvalue weighted by molar-refractivity contribution is 0.720. The molecule has 0 radical (unpaired) electrons. The highest BCUT2D eigenvalue weighted by atomic mass is 32.2. The summed E-state index contributed by atoms with van der Waals surface area (Å²) in [5, 5.41) is 7.44. The van der Waals surface area contributed by atoms with E-state index >= 15 is 0 Å². The summed E-state index contributed by atoms with van der Waals surface area (Å²) in [7, 11) is 0. The van der Waals surface area contributed by atoms with Crippen LogP contribution in [0.1, 0.15) is 22.3 Å². The monoisotopic (exact) mass is 997 g/mol. The van der Waals surface area contributed by atoms with E-state index in [9.17, 15) is 0 Å². The van der Waals surface area contributed by atoms with Crippen molar-refractivity contribution in [2.45, 2.75) is 15.2 Å². The Labute approximate surface area is 447 Å². The number of fused-ring (bicyclic) bond motifs is 18. The van der Waals surface area contributed by atoms with Gasteiger partial charge in [0.25, 0.3) is 0 Å². The number of para-hydroxylation sites is 5. The van der Waals surface area contributed by atoms with E-state index in [-0.39, 0.29) is 0 Å². The van der Waals surface area contributed by atoms with Crippen molar-refractivity contribution in [1.82, 2.24) is 23.7 Å². The Morgan fingerprint density at radius 1 is 0.299 bits per heavy atom. The van der Waals surface area contributed by atoms with Crippen molar-refractivity contribution >= 4 is 77.2 Å². The summed E-state index contributed by atoms with van der Waals surface area (Å²) >= 11 is 1.88. The van der Waals surface area contributed by atoms with Crippen LogP contribution in [-0.2, 0) is 5.41 Å². The third kappa shape index (κ3) is 5.90. The van der Waals surface area contributed by atoms with Crippen LogP contribution in [-0.4, -0.2) is 23.7 Å². The largest absolute Gasteiger partial charge is 0.309 e. The zero-order chi connectivity index (χ0) is 50.3. The number of benzene rings is 10. The van der Waals surface area contributed by atoms with Crippen molar-refractivity contribution in [2.24, 2.45) is 0 Å². The summed E-state index contributed by atoms with van der Waals surface area (Å²) in [4.78, 5) is 12.7. The van der Waals surface area contributed by atoms with E-state index in [0.29, 0.717) is 0 Å². The predicted molar refractivity (Wildman–Crippen MR) is 317 cm³/mol. The van der Waals surface area contributed by atoms with Crippen molar-refractivity contribution in [3.05, 3.63) is 283 Å². The quantitative estimate of drug-likeness (QED) is 0.172. The van der Waals surface area contributed by atoms with Gasteiger partial charge in [-0.2, -0.15) is 0 Å². The lowest BCUT2D eigenvalue weighted by Gasteiger charge is -2.40. The van der Waals surface area contributed by atoms with Crippen LogP contribution in [0, 0.1) is 0 Å². The zero-order valence-electron chi connectivity index (χ0n) is 41.5. The summed E-state index contributed by atoms with van der Waals surface area (Å²) in [5.41, 5.74) is 21.3. The van der Waals surface area contributed by atoms with Gasteiger partial charge >= 0.3 is 0 Å². The average molecular weight is 998 g/mol. The van der Waals surface area contributed by atoms with Gasteiger partial charge in [-0.3, -0.25) is 9.97 Å².